The lowest BCUT2D eigenvalue weighted by atomic mass is 9.92. The summed E-state index contributed by atoms with van der Waals surface area (Å²) in [6.45, 7) is 13.1. The van der Waals surface area contributed by atoms with Crippen molar-refractivity contribution in [3.63, 3.8) is 0 Å². The number of halogens is 6. The van der Waals surface area contributed by atoms with Crippen molar-refractivity contribution in [2.24, 2.45) is 0 Å². The molecule has 69 heavy (non-hydrogen) atoms. The largest absolute Gasteiger partial charge is 0.494 e. The minimum Gasteiger partial charge on any atom is -0.494 e. The molecule has 4 heterocycles. The Morgan fingerprint density at radius 2 is 0.826 bits per heavy atom. The first-order valence-electron chi connectivity index (χ1n) is 23.3. The zero-order chi connectivity index (χ0) is 49.8. The van der Waals surface area contributed by atoms with Gasteiger partial charge in [0.15, 0.2) is 0 Å². The molecule has 0 amide bonds. The molecule has 0 bridgehead atoms. The van der Waals surface area contributed by atoms with Crippen molar-refractivity contribution in [1.29, 1.82) is 10.5 Å². The highest BCUT2D eigenvalue weighted by molar-refractivity contribution is 7.24. The van der Waals surface area contributed by atoms with Gasteiger partial charge in [-0.15, -0.1) is 45.3 Å². The normalized spacial score (nSPS) is 15.3. The molecule has 1 aliphatic carbocycles. The maximum Gasteiger partial charge on any atom is 0.380 e. The number of hydrogen-bond acceptors (Lipinski definition) is 8. The molecule has 6 aromatic rings. The van der Waals surface area contributed by atoms with Crippen LogP contribution in [0.25, 0.3) is 51.5 Å². The SMILES string of the molecule is CC(C)(C)c1ccc(-c2cc(C3=C(c4cc(-c5ccc(C(C)(C)C)s5)sc4-c4ccc(OCCCCCCC#N)cc4)C(F)(F)C(F)(F)C3(F)F)c(-c3ccc(OCCCCCCC#N)cc3)s2)s1. The molecule has 0 saturated heterocycles. The number of nitriles is 2. The van der Waals surface area contributed by atoms with Crippen LogP contribution in [-0.2, 0) is 10.8 Å². The van der Waals surface area contributed by atoms with E-state index < -0.39 is 28.9 Å². The van der Waals surface area contributed by atoms with Gasteiger partial charge in [-0.05, 0) is 133 Å². The molecule has 0 aliphatic heterocycles. The fourth-order valence-corrected chi connectivity index (χ4v) is 12.7. The molecule has 0 N–H and O–H groups in total. The van der Waals surface area contributed by atoms with Crippen LogP contribution < -0.4 is 9.47 Å². The summed E-state index contributed by atoms with van der Waals surface area (Å²) in [5.74, 6) is -15.4. The third-order valence-electron chi connectivity index (χ3n) is 12.0. The van der Waals surface area contributed by atoms with Crippen LogP contribution in [0.4, 0.5) is 26.3 Å². The van der Waals surface area contributed by atoms with E-state index in [9.17, 15) is 0 Å². The minimum atomic E-state index is -5.79. The van der Waals surface area contributed by atoms with Gasteiger partial charge < -0.3 is 9.47 Å². The second-order valence-corrected chi connectivity index (χ2v) is 23.7. The monoisotopic (exact) mass is 1020 g/mol. The van der Waals surface area contributed by atoms with Gasteiger partial charge in [-0.3, -0.25) is 0 Å². The van der Waals surface area contributed by atoms with Crippen LogP contribution in [0.3, 0.4) is 0 Å². The number of hydrogen-bond donors (Lipinski definition) is 0. The van der Waals surface area contributed by atoms with Gasteiger partial charge in [-0.2, -0.15) is 36.9 Å². The zero-order valence-electron chi connectivity index (χ0n) is 39.7. The van der Waals surface area contributed by atoms with Crippen LogP contribution in [0, 0.1) is 22.7 Å². The van der Waals surface area contributed by atoms with Crippen LogP contribution in [0.5, 0.6) is 11.5 Å². The summed E-state index contributed by atoms with van der Waals surface area (Å²) < 4.78 is 113. The van der Waals surface area contributed by atoms with Crippen molar-refractivity contribution in [1.82, 2.24) is 0 Å². The summed E-state index contributed by atoms with van der Waals surface area (Å²) in [5.41, 5.74) is -3.30. The van der Waals surface area contributed by atoms with E-state index in [1.165, 1.54) is 34.8 Å². The lowest BCUT2D eigenvalue weighted by Crippen LogP contribution is -2.48. The second kappa shape index (κ2) is 21.2. The number of nitrogens with zero attached hydrogens (tertiary/aromatic N) is 2. The summed E-state index contributed by atoms with van der Waals surface area (Å²) in [5, 5.41) is 17.6. The Hall–Kier alpha value is -4.86. The Balaban J connectivity index is 1.38. The Bertz CT molecular complexity index is 2630. The predicted molar refractivity (Wildman–Crippen MR) is 274 cm³/mol. The summed E-state index contributed by atoms with van der Waals surface area (Å²) >= 11 is 5.08. The number of allylic oxidation sites excluding steroid dienone is 2. The molecular formula is C55H56F6N2O2S4. The van der Waals surface area contributed by atoms with E-state index >= 15 is 26.3 Å². The van der Waals surface area contributed by atoms with E-state index in [0.29, 0.717) is 68.2 Å². The maximum atomic E-state index is 17.1. The van der Waals surface area contributed by atoms with E-state index in [4.69, 9.17) is 20.0 Å². The summed E-state index contributed by atoms with van der Waals surface area (Å²) in [6, 6.07) is 27.9. The molecule has 0 saturated carbocycles. The van der Waals surface area contributed by atoms with E-state index in [0.717, 1.165) is 83.8 Å². The van der Waals surface area contributed by atoms with E-state index in [1.54, 1.807) is 48.5 Å². The molecule has 7 rings (SSSR count). The van der Waals surface area contributed by atoms with Gasteiger partial charge in [0.1, 0.15) is 11.5 Å². The molecule has 0 atom stereocenters. The summed E-state index contributed by atoms with van der Waals surface area (Å²) in [6.07, 6.45) is 7.70. The van der Waals surface area contributed by atoms with Crippen LogP contribution in [0.1, 0.15) is 127 Å². The lowest BCUT2D eigenvalue weighted by Gasteiger charge is -2.26. The molecule has 1 aliphatic rings. The smallest absolute Gasteiger partial charge is 0.380 e. The highest BCUT2D eigenvalue weighted by Crippen LogP contribution is 2.67. The third kappa shape index (κ3) is 11.2. The molecule has 0 radical (unpaired) electrons. The molecule has 0 fully saturated rings. The van der Waals surface area contributed by atoms with Crippen LogP contribution >= 0.6 is 45.3 Å². The number of alkyl halides is 6. The van der Waals surface area contributed by atoms with Crippen molar-refractivity contribution >= 4 is 56.5 Å². The number of rotatable bonds is 20. The van der Waals surface area contributed by atoms with Gasteiger partial charge in [0, 0.05) is 74.1 Å². The molecule has 0 spiro atoms. The Morgan fingerprint density at radius 3 is 1.16 bits per heavy atom. The Morgan fingerprint density at radius 1 is 0.464 bits per heavy atom. The van der Waals surface area contributed by atoms with Crippen molar-refractivity contribution in [2.75, 3.05) is 13.2 Å². The van der Waals surface area contributed by atoms with E-state index in [2.05, 4.69) is 12.1 Å². The van der Waals surface area contributed by atoms with Gasteiger partial charge in [-0.1, -0.05) is 67.2 Å². The van der Waals surface area contributed by atoms with Crippen molar-refractivity contribution in [2.45, 2.75) is 134 Å². The van der Waals surface area contributed by atoms with Crippen molar-refractivity contribution in [3.05, 3.63) is 106 Å². The number of ether oxygens (including phenoxy) is 2. The Kier molecular flexibility index (Phi) is 16.0. The molecule has 0 unspecified atom stereocenters. The average molecular weight is 1020 g/mol. The quantitative estimate of drug-likeness (QED) is 0.0564. The van der Waals surface area contributed by atoms with Gasteiger partial charge in [-0.25, -0.2) is 0 Å². The highest BCUT2D eigenvalue weighted by atomic mass is 32.1. The molecular weight excluding hydrogens is 963 g/mol. The van der Waals surface area contributed by atoms with Crippen molar-refractivity contribution in [3.8, 4) is 64.0 Å². The average Bonchev–Trinajstić information content (AvgIpc) is 4.15. The maximum absolute atomic E-state index is 17.1. The fraction of sp³-hybridized carbons (Fsp3) is 0.418. The van der Waals surface area contributed by atoms with Crippen molar-refractivity contribution < 1.29 is 35.8 Å². The van der Waals surface area contributed by atoms with Gasteiger partial charge in [0.25, 0.3) is 0 Å². The molecule has 4 aromatic heterocycles. The van der Waals surface area contributed by atoms with Gasteiger partial charge >= 0.3 is 17.8 Å². The lowest BCUT2D eigenvalue weighted by molar-refractivity contribution is -0.254. The van der Waals surface area contributed by atoms with Crippen LogP contribution in [0.15, 0.2) is 84.9 Å². The standard InChI is InChI=1S/C55H56F6N2O2S4/c1-51(2,3)45-27-25-41(66-45)43-33-39(49(68-43)35-17-21-37(22-18-35)64-31-15-11-7-9-13-29-62)47-48(54(58,59)55(60,61)53(47,56)57)40-34-44(42-26-28-46(67-42)52(4,5)6)69-50(40)36-19-23-38(24-20-36)65-32-16-12-8-10-14-30-63/h17-28,33-34H,7-16,31-32H2,1-6H3. The molecule has 4 nitrogen and oxygen atoms in total. The van der Waals surface area contributed by atoms with Gasteiger partial charge in [0.2, 0.25) is 0 Å². The zero-order valence-corrected chi connectivity index (χ0v) is 42.9. The third-order valence-corrected chi connectivity index (χ3v) is 17.8. The van der Waals surface area contributed by atoms with Gasteiger partial charge in [0.05, 0.1) is 25.4 Å². The first-order valence-corrected chi connectivity index (χ1v) is 26.5. The number of thiophene rings is 4. The van der Waals surface area contributed by atoms with Crippen LogP contribution in [0.2, 0.25) is 0 Å². The molecule has 364 valence electrons. The first-order chi connectivity index (χ1) is 32.7. The number of unbranched alkanes of at least 4 members (excludes halogenated alkanes) is 8. The fourth-order valence-electron chi connectivity index (χ4n) is 8.11. The predicted octanol–water partition coefficient (Wildman–Crippen LogP) is 18.7. The summed E-state index contributed by atoms with van der Waals surface area (Å²) in [4.78, 5) is 4.67. The topological polar surface area (TPSA) is 66.0 Å². The highest BCUT2D eigenvalue weighted by Gasteiger charge is 2.80. The summed E-state index contributed by atoms with van der Waals surface area (Å²) in [7, 11) is 0. The molecule has 2 aromatic carbocycles. The molecule has 14 heteroatoms. The van der Waals surface area contributed by atoms with E-state index in [1.807, 2.05) is 65.8 Å². The Labute approximate surface area is 417 Å². The second-order valence-electron chi connectivity index (χ2n) is 19.4. The minimum absolute atomic E-state index is 0.150. The number of benzene rings is 2. The van der Waals surface area contributed by atoms with E-state index in [-0.39, 0.29) is 31.7 Å². The first kappa shape index (κ1) is 52.0. The van der Waals surface area contributed by atoms with Crippen LogP contribution in [-0.4, -0.2) is 31.0 Å².